The Morgan fingerprint density at radius 3 is 2.41 bits per heavy atom. The summed E-state index contributed by atoms with van der Waals surface area (Å²) in [4.78, 5) is 13.0. The Labute approximate surface area is 145 Å². The van der Waals surface area contributed by atoms with Crippen LogP contribution < -0.4 is 10.6 Å². The van der Waals surface area contributed by atoms with Gasteiger partial charge in [0.25, 0.3) is 0 Å². The van der Waals surface area contributed by atoms with Crippen LogP contribution in [0.15, 0.2) is 0 Å². The van der Waals surface area contributed by atoms with Crippen LogP contribution in [-0.2, 0) is 9.53 Å². The molecule has 2 aliphatic heterocycles. The normalized spacial score (nSPS) is 49.5. The largest absolute Gasteiger partial charge is 0.458 e. The van der Waals surface area contributed by atoms with Gasteiger partial charge in [-0.05, 0) is 63.7 Å². The first-order valence-corrected chi connectivity index (χ1v) is 10.0. The molecule has 0 aromatic heterocycles. The zero-order valence-corrected chi connectivity index (χ0v) is 15.3. The van der Waals surface area contributed by atoms with Gasteiger partial charge in [0.2, 0.25) is 0 Å². The number of halogens is 1. The van der Waals surface area contributed by atoms with Crippen molar-refractivity contribution >= 4 is 28.6 Å². The molecule has 3 aliphatic carbocycles. The number of hydrogen-bond donors (Lipinski definition) is 2. The Morgan fingerprint density at radius 2 is 1.91 bits per heavy atom. The molecule has 4 nitrogen and oxygen atoms in total. The van der Waals surface area contributed by atoms with Crippen LogP contribution in [0.25, 0.3) is 0 Å². The molecule has 0 aromatic rings. The lowest BCUT2D eigenvalue weighted by molar-refractivity contribution is -0.171. The van der Waals surface area contributed by atoms with Crippen LogP contribution in [-0.4, -0.2) is 26.8 Å². The van der Waals surface area contributed by atoms with E-state index in [0.29, 0.717) is 12.1 Å². The van der Waals surface area contributed by atoms with Crippen molar-refractivity contribution in [2.75, 3.05) is 0 Å². The van der Waals surface area contributed by atoms with Crippen molar-refractivity contribution in [2.24, 2.45) is 17.8 Å². The summed E-state index contributed by atoms with van der Waals surface area (Å²) in [6.45, 7) is 2.02. The fourth-order valence-electron chi connectivity index (χ4n) is 5.77. The van der Waals surface area contributed by atoms with E-state index in [0.717, 1.165) is 24.7 Å². The van der Waals surface area contributed by atoms with Gasteiger partial charge in [-0.2, -0.15) is 0 Å². The van der Waals surface area contributed by atoms with Gasteiger partial charge in [-0.3, -0.25) is 15.4 Å². The highest BCUT2D eigenvalue weighted by Gasteiger charge is 2.81. The Balaban J connectivity index is 1.38. The first kappa shape index (κ1) is 14.5. The smallest absolute Gasteiger partial charge is 0.325 e. The molecule has 4 unspecified atom stereocenters. The summed E-state index contributed by atoms with van der Waals surface area (Å²) in [5.41, 5.74) is -0.307. The Bertz CT molecular complexity index is 523. The molecule has 22 heavy (non-hydrogen) atoms. The number of carbonyl (C=O) groups is 1. The van der Waals surface area contributed by atoms with Gasteiger partial charge in [-0.1, -0.05) is 29.0 Å². The maximum atomic E-state index is 13.0. The summed E-state index contributed by atoms with van der Waals surface area (Å²) in [5, 5.41) is 6.69. The summed E-state index contributed by atoms with van der Waals surface area (Å²) in [6.07, 6.45) is 10.4. The minimum atomic E-state index is -0.497. The van der Waals surface area contributed by atoms with Crippen molar-refractivity contribution in [1.29, 1.82) is 0 Å². The third-order valence-corrected chi connectivity index (χ3v) is 8.59. The molecule has 0 spiro atoms. The van der Waals surface area contributed by atoms with E-state index >= 15 is 0 Å². The molecule has 0 radical (unpaired) electrons. The van der Waals surface area contributed by atoms with Crippen LogP contribution in [0.3, 0.4) is 0 Å². The van der Waals surface area contributed by atoms with E-state index in [1.54, 1.807) is 0 Å². The lowest BCUT2D eigenvalue weighted by Gasteiger charge is -2.41. The van der Waals surface area contributed by atoms with E-state index in [4.69, 9.17) is 4.74 Å². The second-order valence-corrected chi connectivity index (χ2v) is 10.6. The van der Waals surface area contributed by atoms with Gasteiger partial charge in [0.05, 0.1) is 6.17 Å². The number of carbonyl (C=O) groups excluding carboxylic acids is 1. The summed E-state index contributed by atoms with van der Waals surface area (Å²) >= 11 is 2.29. The zero-order chi connectivity index (χ0) is 15.2. The molecule has 5 rings (SSSR count). The van der Waals surface area contributed by atoms with Crippen LogP contribution in [0.5, 0.6) is 0 Å². The number of ether oxygens (including phenoxy) is 1. The molecule has 4 atom stereocenters. The second kappa shape index (κ2) is 4.39. The molecular formula is C17H25IN2O2. The van der Waals surface area contributed by atoms with E-state index in [-0.39, 0.29) is 17.2 Å². The monoisotopic (exact) mass is 416 g/mol. The lowest BCUT2D eigenvalue weighted by Crippen LogP contribution is -2.52. The third kappa shape index (κ3) is 1.79. The fourth-order valence-corrected chi connectivity index (χ4v) is 6.50. The van der Waals surface area contributed by atoms with Crippen LogP contribution in [0.1, 0.15) is 58.3 Å². The Morgan fingerprint density at radius 1 is 1.23 bits per heavy atom. The first-order chi connectivity index (χ1) is 10.5. The van der Waals surface area contributed by atoms with Gasteiger partial charge in [0.1, 0.15) is 11.3 Å². The van der Waals surface area contributed by atoms with Crippen LogP contribution >= 0.6 is 22.6 Å². The molecular weight excluding hydrogens is 391 g/mol. The van der Waals surface area contributed by atoms with Gasteiger partial charge in [-0.25, -0.2) is 0 Å². The SMILES string of the molecule is CC(I)(C(=O)OC1(C2CC3CCC2C3)CCCC1)C12NC1N2. The van der Waals surface area contributed by atoms with E-state index < -0.39 is 3.42 Å². The van der Waals surface area contributed by atoms with E-state index in [1.165, 1.54) is 38.5 Å². The van der Waals surface area contributed by atoms with E-state index in [2.05, 4.69) is 33.2 Å². The Kier molecular flexibility index (Phi) is 2.89. The van der Waals surface area contributed by atoms with Crippen molar-refractivity contribution in [3.63, 3.8) is 0 Å². The number of rotatable bonds is 4. The minimum Gasteiger partial charge on any atom is -0.458 e. The highest BCUT2D eigenvalue weighted by atomic mass is 127. The predicted molar refractivity (Wildman–Crippen MR) is 91.4 cm³/mol. The lowest BCUT2D eigenvalue weighted by atomic mass is 9.75. The fraction of sp³-hybridized carbons (Fsp3) is 0.941. The summed E-state index contributed by atoms with van der Waals surface area (Å²) in [7, 11) is 0. The van der Waals surface area contributed by atoms with Crippen LogP contribution in [0, 0.1) is 17.8 Å². The van der Waals surface area contributed by atoms with Gasteiger partial charge >= 0.3 is 5.97 Å². The predicted octanol–water partition coefficient (Wildman–Crippen LogP) is 2.70. The molecule has 5 heteroatoms. The van der Waals surface area contributed by atoms with E-state index in [1.807, 2.05) is 6.92 Å². The topological polar surface area (TPSA) is 70.2 Å². The molecule has 5 fully saturated rings. The first-order valence-electron chi connectivity index (χ1n) is 8.95. The van der Waals surface area contributed by atoms with Crippen molar-refractivity contribution < 1.29 is 9.53 Å². The van der Waals surface area contributed by atoms with Gasteiger partial charge in [0.15, 0.2) is 3.42 Å². The maximum absolute atomic E-state index is 13.0. The third-order valence-electron chi connectivity index (χ3n) is 7.29. The zero-order valence-electron chi connectivity index (χ0n) is 13.2. The average Bonchev–Trinajstić information content (AvgIpc) is 3.09. The van der Waals surface area contributed by atoms with E-state index in [9.17, 15) is 4.79 Å². The summed E-state index contributed by atoms with van der Waals surface area (Å²) in [6, 6.07) is 0. The minimum absolute atomic E-state index is 0.00206. The van der Waals surface area contributed by atoms with Crippen LogP contribution in [0.4, 0.5) is 0 Å². The van der Waals surface area contributed by atoms with Crippen molar-refractivity contribution in [2.45, 2.75) is 79.1 Å². The maximum Gasteiger partial charge on any atom is 0.325 e. The van der Waals surface area contributed by atoms with Crippen molar-refractivity contribution in [3.8, 4) is 0 Å². The number of esters is 1. The summed E-state index contributed by atoms with van der Waals surface area (Å²) < 4.78 is 5.87. The number of alkyl halides is 1. The van der Waals surface area contributed by atoms with Gasteiger partial charge in [0, 0.05) is 5.92 Å². The summed E-state index contributed by atoms with van der Waals surface area (Å²) in [5.74, 6) is 2.37. The number of fused-ring (bicyclic) bond motifs is 3. The standard InChI is InChI=1S/C17H25IN2O2/c1-15(18,17-13(19-17)20-17)14(21)22-16(6-2-3-7-16)12-9-10-4-5-11(12)8-10/h10-13,19-20H,2-9H2,1H3. The Hall–Kier alpha value is 0.120. The molecule has 5 aliphatic rings. The highest BCUT2D eigenvalue weighted by Crippen LogP contribution is 2.58. The van der Waals surface area contributed by atoms with Crippen LogP contribution in [0.2, 0.25) is 0 Å². The van der Waals surface area contributed by atoms with Gasteiger partial charge < -0.3 is 4.74 Å². The quantitative estimate of drug-likeness (QED) is 0.320. The molecule has 122 valence electrons. The molecule has 2 heterocycles. The highest BCUT2D eigenvalue weighted by molar-refractivity contribution is 14.1. The molecule has 0 amide bonds. The average molecular weight is 416 g/mol. The van der Waals surface area contributed by atoms with Crippen molar-refractivity contribution in [3.05, 3.63) is 0 Å². The molecule has 3 saturated carbocycles. The number of nitrogens with one attached hydrogen (secondary N) is 2. The molecule has 2 saturated heterocycles. The van der Waals surface area contributed by atoms with Crippen molar-refractivity contribution in [1.82, 2.24) is 10.6 Å². The molecule has 2 N–H and O–H groups in total. The van der Waals surface area contributed by atoms with Gasteiger partial charge in [-0.15, -0.1) is 0 Å². The molecule has 2 bridgehead atoms. The number of hydrogen-bond acceptors (Lipinski definition) is 4. The second-order valence-electron chi connectivity index (χ2n) is 8.48. The molecule has 0 aromatic carbocycles.